The van der Waals surface area contributed by atoms with E-state index in [0.29, 0.717) is 10.9 Å². The number of aromatic nitrogens is 2. The van der Waals surface area contributed by atoms with Crippen LogP contribution in [0.2, 0.25) is 0 Å². The van der Waals surface area contributed by atoms with Gasteiger partial charge >= 0.3 is 0 Å². The first-order valence-electron chi connectivity index (χ1n) is 3.49. The van der Waals surface area contributed by atoms with Crippen molar-refractivity contribution in [1.29, 1.82) is 0 Å². The summed E-state index contributed by atoms with van der Waals surface area (Å²) >= 11 is 0. The second-order valence-electron chi connectivity index (χ2n) is 2.39. The van der Waals surface area contributed by atoms with Gasteiger partial charge in [0.25, 0.3) is 0 Å². The van der Waals surface area contributed by atoms with E-state index in [0.717, 1.165) is 0 Å². The highest BCUT2D eigenvalue weighted by Gasteiger charge is 2.04. The van der Waals surface area contributed by atoms with E-state index in [4.69, 9.17) is 5.21 Å². The van der Waals surface area contributed by atoms with E-state index in [-0.39, 0.29) is 10.4 Å². The number of hydrogen-bond donors (Lipinski definition) is 1. The lowest BCUT2D eigenvalue weighted by molar-refractivity contribution is -0.782. The van der Waals surface area contributed by atoms with Crippen molar-refractivity contribution in [2.24, 2.45) is 5.16 Å². The van der Waals surface area contributed by atoms with E-state index >= 15 is 0 Å². The summed E-state index contributed by atoms with van der Waals surface area (Å²) in [6.45, 7) is 0. The van der Waals surface area contributed by atoms with Gasteiger partial charge in [0.05, 0.1) is 0 Å². The molecule has 0 amide bonds. The van der Waals surface area contributed by atoms with Crippen LogP contribution >= 0.6 is 0 Å². The third-order valence-corrected chi connectivity index (χ3v) is 1.61. The molecule has 2 aromatic rings. The number of fused-ring (bicyclic) bond motifs is 1. The Morgan fingerprint density at radius 3 is 2.92 bits per heavy atom. The van der Waals surface area contributed by atoms with Gasteiger partial charge in [0.2, 0.25) is 11.0 Å². The van der Waals surface area contributed by atoms with E-state index in [1.807, 2.05) is 0 Å². The predicted octanol–water partition coefficient (Wildman–Crippen LogP) is -0.249. The van der Waals surface area contributed by atoms with Crippen LogP contribution in [0.5, 0.6) is 0 Å². The molecule has 0 spiro atoms. The van der Waals surface area contributed by atoms with Gasteiger partial charge in [-0.1, -0.05) is 5.16 Å². The standard InChI is InChI=1S/C7H5N3O3/c11-8-5-1-3-6-7(4-2-5)10(12)13-9-6/h1-4,11H/b8-5-. The molecule has 0 atom stereocenters. The maximum Gasteiger partial charge on any atom is 0.248 e. The highest BCUT2D eigenvalue weighted by Crippen LogP contribution is 2.01. The normalized spacial score (nSPS) is 12.2. The van der Waals surface area contributed by atoms with Gasteiger partial charge in [0.1, 0.15) is 5.36 Å². The molecule has 0 fully saturated rings. The smallest absolute Gasteiger partial charge is 0.248 e. The summed E-state index contributed by atoms with van der Waals surface area (Å²) in [5.41, 5.74) is 0.694. The molecule has 0 aliphatic heterocycles. The molecule has 0 unspecified atom stereocenters. The molecule has 0 aliphatic carbocycles. The van der Waals surface area contributed by atoms with Crippen molar-refractivity contribution < 1.29 is 14.7 Å². The summed E-state index contributed by atoms with van der Waals surface area (Å²) in [5, 5.41) is 26.2. The minimum absolute atomic E-state index is 0.287. The molecule has 0 aliphatic rings. The van der Waals surface area contributed by atoms with Gasteiger partial charge in [-0.3, -0.25) is 4.63 Å². The first kappa shape index (κ1) is 7.53. The van der Waals surface area contributed by atoms with Crippen LogP contribution in [0.15, 0.2) is 34.1 Å². The number of rotatable bonds is 0. The fourth-order valence-corrected chi connectivity index (χ4v) is 0.978. The molecule has 0 radical (unpaired) electrons. The Morgan fingerprint density at radius 2 is 2.15 bits per heavy atom. The van der Waals surface area contributed by atoms with Gasteiger partial charge in [-0.05, 0) is 29.2 Å². The summed E-state index contributed by atoms with van der Waals surface area (Å²) in [6, 6.07) is 6.00. The highest BCUT2D eigenvalue weighted by molar-refractivity contribution is 5.68. The fourth-order valence-electron chi connectivity index (χ4n) is 0.978. The summed E-state index contributed by atoms with van der Waals surface area (Å²) in [5.74, 6) is 0. The zero-order valence-electron chi connectivity index (χ0n) is 6.41. The largest absolute Gasteiger partial charge is 0.410 e. The fraction of sp³-hybridized carbons (Fsp3) is 0. The van der Waals surface area contributed by atoms with Crippen molar-refractivity contribution in [3.05, 3.63) is 34.8 Å². The first-order valence-corrected chi connectivity index (χ1v) is 3.49. The van der Waals surface area contributed by atoms with Crippen LogP contribution in [-0.2, 0) is 0 Å². The van der Waals surface area contributed by atoms with E-state index in [9.17, 15) is 5.21 Å². The monoisotopic (exact) mass is 179 g/mol. The lowest BCUT2D eigenvalue weighted by atomic mass is 10.4. The first-order chi connectivity index (χ1) is 6.31. The van der Waals surface area contributed by atoms with Gasteiger partial charge < -0.3 is 10.4 Å². The predicted molar refractivity (Wildman–Crippen MR) is 40.3 cm³/mol. The van der Waals surface area contributed by atoms with Crippen LogP contribution in [0.3, 0.4) is 0 Å². The zero-order valence-corrected chi connectivity index (χ0v) is 6.41. The quantitative estimate of drug-likeness (QED) is 0.343. The van der Waals surface area contributed by atoms with E-state index in [1.54, 1.807) is 0 Å². The number of nitrogens with zero attached hydrogens (tertiary/aromatic N) is 3. The van der Waals surface area contributed by atoms with Crippen molar-refractivity contribution in [1.82, 2.24) is 5.16 Å². The topological polar surface area (TPSA) is 85.6 Å². The van der Waals surface area contributed by atoms with E-state index in [1.165, 1.54) is 24.3 Å². The molecule has 2 rings (SSSR count). The zero-order chi connectivity index (χ0) is 9.26. The van der Waals surface area contributed by atoms with Gasteiger partial charge in [0.15, 0.2) is 0 Å². The van der Waals surface area contributed by atoms with Crippen LogP contribution in [-0.4, -0.2) is 10.4 Å². The molecular formula is C7H5N3O3. The SMILES string of the molecule is [O-][n+]1onc2cc/c(=N/O)ccc21. The molecule has 1 aromatic carbocycles. The summed E-state index contributed by atoms with van der Waals surface area (Å²) < 4.78 is 4.35. The Balaban J connectivity index is 2.88. The Morgan fingerprint density at radius 1 is 1.38 bits per heavy atom. The van der Waals surface area contributed by atoms with E-state index in [2.05, 4.69) is 14.9 Å². The van der Waals surface area contributed by atoms with Crippen molar-refractivity contribution >= 4 is 11.0 Å². The molecule has 0 saturated carbocycles. The van der Waals surface area contributed by atoms with Gasteiger partial charge in [-0.2, -0.15) is 0 Å². The van der Waals surface area contributed by atoms with Crippen molar-refractivity contribution in [2.75, 3.05) is 0 Å². The molecule has 66 valence electrons. The number of hydrogen-bond acceptors (Lipinski definition) is 5. The van der Waals surface area contributed by atoms with Crippen molar-refractivity contribution in [3.63, 3.8) is 0 Å². The highest BCUT2D eigenvalue weighted by atomic mass is 16.8. The third-order valence-electron chi connectivity index (χ3n) is 1.61. The van der Waals surface area contributed by atoms with Crippen LogP contribution in [0, 0.1) is 5.21 Å². The molecule has 13 heavy (non-hydrogen) atoms. The molecular weight excluding hydrogens is 174 g/mol. The molecule has 1 heterocycles. The Bertz CT molecular complexity index is 506. The Hall–Kier alpha value is -2.11. The van der Waals surface area contributed by atoms with Crippen LogP contribution in [0.25, 0.3) is 11.0 Å². The van der Waals surface area contributed by atoms with Crippen molar-refractivity contribution in [2.45, 2.75) is 0 Å². The summed E-state index contributed by atoms with van der Waals surface area (Å²) in [7, 11) is 0. The summed E-state index contributed by atoms with van der Waals surface area (Å²) in [4.78, 5) is 0.288. The second kappa shape index (κ2) is 2.74. The second-order valence-corrected chi connectivity index (χ2v) is 2.39. The van der Waals surface area contributed by atoms with Crippen LogP contribution in [0.1, 0.15) is 0 Å². The third kappa shape index (κ3) is 1.18. The van der Waals surface area contributed by atoms with Gasteiger partial charge in [-0.15, -0.1) is 0 Å². The molecule has 6 nitrogen and oxygen atoms in total. The van der Waals surface area contributed by atoms with Crippen LogP contribution < -0.4 is 10.3 Å². The minimum atomic E-state index is 0.287. The Labute approximate surface area is 71.9 Å². The maximum atomic E-state index is 10.9. The molecule has 0 bridgehead atoms. The van der Waals surface area contributed by atoms with Gasteiger partial charge in [-0.25, -0.2) is 0 Å². The van der Waals surface area contributed by atoms with Gasteiger partial charge in [0, 0.05) is 5.16 Å². The lowest BCUT2D eigenvalue weighted by Gasteiger charge is -1.80. The average Bonchev–Trinajstić information content (AvgIpc) is 2.38. The molecule has 1 N–H and O–H groups in total. The molecule has 0 saturated heterocycles. The average molecular weight is 179 g/mol. The maximum absolute atomic E-state index is 10.9. The lowest BCUT2D eigenvalue weighted by Crippen LogP contribution is -2.22. The molecule has 6 heteroatoms. The summed E-state index contributed by atoms with van der Waals surface area (Å²) in [6.07, 6.45) is 0. The van der Waals surface area contributed by atoms with Crippen molar-refractivity contribution in [3.8, 4) is 0 Å². The minimum Gasteiger partial charge on any atom is -0.410 e. The van der Waals surface area contributed by atoms with E-state index < -0.39 is 0 Å². The Kier molecular flexibility index (Phi) is 1.59. The molecule has 1 aromatic heterocycles. The van der Waals surface area contributed by atoms with Crippen LogP contribution in [0.4, 0.5) is 0 Å².